The Morgan fingerprint density at radius 1 is 0.944 bits per heavy atom. The van der Waals surface area contributed by atoms with Gasteiger partial charge in [0.25, 0.3) is 5.91 Å². The van der Waals surface area contributed by atoms with Gasteiger partial charge in [0, 0.05) is 30.4 Å². The van der Waals surface area contributed by atoms with Crippen molar-refractivity contribution >= 4 is 5.91 Å². The fourth-order valence-electron chi connectivity index (χ4n) is 4.62. The van der Waals surface area contributed by atoms with Crippen molar-refractivity contribution in [3.05, 3.63) is 114 Å². The molecule has 3 aromatic carbocycles. The first-order chi connectivity index (χ1) is 17.6. The van der Waals surface area contributed by atoms with E-state index >= 15 is 0 Å². The zero-order valence-electron chi connectivity index (χ0n) is 21.3. The summed E-state index contributed by atoms with van der Waals surface area (Å²) in [5.41, 5.74) is 9.78. The van der Waals surface area contributed by atoms with Gasteiger partial charge in [0.2, 0.25) is 0 Å². The largest absolute Gasteiger partial charge is 0.330 e. The van der Waals surface area contributed by atoms with Crippen LogP contribution in [-0.2, 0) is 6.54 Å². The lowest BCUT2D eigenvalue weighted by Gasteiger charge is -2.35. The maximum Gasteiger partial charge on any atom is 0.254 e. The second kappa shape index (κ2) is 12.3. The summed E-state index contributed by atoms with van der Waals surface area (Å²) in [6.45, 7) is 6.18. The standard InChI is InChI=1S/C31H36N4O/c1-3-24(2)29(35(21-13-20-32)31(36)27-18-11-6-12-19-27)30-33-28(26-16-9-5-10-17-26)23-34(30)22-25-14-7-4-8-15-25/h4-12,14-19,23-24,29H,3,13,20-22,32H2,1-2H3. The predicted molar refractivity (Wildman–Crippen MR) is 147 cm³/mol. The third-order valence-corrected chi connectivity index (χ3v) is 6.74. The van der Waals surface area contributed by atoms with Crippen molar-refractivity contribution in [1.29, 1.82) is 0 Å². The number of nitrogens with zero attached hydrogens (tertiary/aromatic N) is 3. The Morgan fingerprint density at radius 2 is 1.56 bits per heavy atom. The number of carbonyl (C=O) groups excluding carboxylic acids is 1. The summed E-state index contributed by atoms with van der Waals surface area (Å²) < 4.78 is 2.22. The van der Waals surface area contributed by atoms with Crippen LogP contribution >= 0.6 is 0 Å². The van der Waals surface area contributed by atoms with E-state index in [-0.39, 0.29) is 17.9 Å². The summed E-state index contributed by atoms with van der Waals surface area (Å²) in [6, 6.07) is 30.0. The number of benzene rings is 3. The van der Waals surface area contributed by atoms with Gasteiger partial charge in [0.05, 0.1) is 11.7 Å². The molecule has 4 rings (SSSR count). The first kappa shape index (κ1) is 25.4. The Balaban J connectivity index is 1.84. The minimum Gasteiger partial charge on any atom is -0.330 e. The first-order valence-electron chi connectivity index (χ1n) is 12.8. The zero-order valence-corrected chi connectivity index (χ0v) is 21.3. The molecule has 5 heteroatoms. The molecule has 0 spiro atoms. The summed E-state index contributed by atoms with van der Waals surface area (Å²) >= 11 is 0. The van der Waals surface area contributed by atoms with E-state index in [1.165, 1.54) is 5.56 Å². The molecule has 4 aromatic rings. The van der Waals surface area contributed by atoms with Gasteiger partial charge in [-0.3, -0.25) is 4.79 Å². The van der Waals surface area contributed by atoms with Gasteiger partial charge >= 0.3 is 0 Å². The molecule has 0 saturated carbocycles. The molecular weight excluding hydrogens is 444 g/mol. The molecule has 1 aromatic heterocycles. The van der Waals surface area contributed by atoms with Crippen LogP contribution in [0.2, 0.25) is 0 Å². The Labute approximate surface area is 214 Å². The Bertz CT molecular complexity index is 1220. The number of hydrogen-bond acceptors (Lipinski definition) is 3. The summed E-state index contributed by atoms with van der Waals surface area (Å²) in [4.78, 5) is 21.1. The maximum atomic E-state index is 13.9. The van der Waals surface area contributed by atoms with E-state index < -0.39 is 0 Å². The van der Waals surface area contributed by atoms with Crippen molar-refractivity contribution in [1.82, 2.24) is 14.5 Å². The lowest BCUT2D eigenvalue weighted by atomic mass is 9.95. The van der Waals surface area contributed by atoms with Crippen LogP contribution in [0.4, 0.5) is 0 Å². The monoisotopic (exact) mass is 480 g/mol. The van der Waals surface area contributed by atoms with Crippen molar-refractivity contribution in [3.63, 3.8) is 0 Å². The third kappa shape index (κ3) is 5.92. The number of hydrogen-bond donors (Lipinski definition) is 1. The van der Waals surface area contributed by atoms with Crippen LogP contribution < -0.4 is 5.73 Å². The Hall–Kier alpha value is -3.70. The highest BCUT2D eigenvalue weighted by Crippen LogP contribution is 2.34. The van der Waals surface area contributed by atoms with E-state index in [1.807, 2.05) is 59.5 Å². The number of rotatable bonds is 11. The Kier molecular flexibility index (Phi) is 8.69. The van der Waals surface area contributed by atoms with E-state index in [4.69, 9.17) is 10.7 Å². The minimum absolute atomic E-state index is 0.0184. The lowest BCUT2D eigenvalue weighted by molar-refractivity contribution is 0.0590. The molecule has 0 bridgehead atoms. The molecule has 1 amide bonds. The molecule has 36 heavy (non-hydrogen) atoms. The van der Waals surface area contributed by atoms with E-state index in [2.05, 4.69) is 61.0 Å². The topological polar surface area (TPSA) is 64.2 Å². The van der Waals surface area contributed by atoms with Gasteiger partial charge in [-0.2, -0.15) is 0 Å². The summed E-state index contributed by atoms with van der Waals surface area (Å²) in [6.07, 6.45) is 3.78. The highest BCUT2D eigenvalue weighted by molar-refractivity contribution is 5.94. The molecule has 1 heterocycles. The summed E-state index contributed by atoms with van der Waals surface area (Å²) in [7, 11) is 0. The van der Waals surface area contributed by atoms with E-state index in [0.717, 1.165) is 29.9 Å². The van der Waals surface area contributed by atoms with Crippen molar-refractivity contribution in [2.45, 2.75) is 39.3 Å². The maximum absolute atomic E-state index is 13.9. The molecule has 0 aliphatic carbocycles. The molecule has 2 N–H and O–H groups in total. The van der Waals surface area contributed by atoms with Gasteiger partial charge in [0.15, 0.2) is 0 Å². The number of nitrogens with two attached hydrogens (primary N) is 1. The molecule has 2 unspecified atom stereocenters. The van der Waals surface area contributed by atoms with Crippen LogP contribution in [0.15, 0.2) is 97.2 Å². The van der Waals surface area contributed by atoms with Crippen LogP contribution in [0.25, 0.3) is 11.3 Å². The molecule has 0 saturated heterocycles. The highest BCUT2D eigenvalue weighted by atomic mass is 16.2. The molecular formula is C31H36N4O. The van der Waals surface area contributed by atoms with Crippen molar-refractivity contribution in [3.8, 4) is 11.3 Å². The number of imidazole rings is 1. The summed E-state index contributed by atoms with van der Waals surface area (Å²) in [5, 5.41) is 0. The summed E-state index contributed by atoms with van der Waals surface area (Å²) in [5.74, 6) is 1.13. The van der Waals surface area contributed by atoms with Crippen LogP contribution in [0.1, 0.15) is 54.5 Å². The molecule has 186 valence electrons. The second-order valence-corrected chi connectivity index (χ2v) is 9.30. The van der Waals surface area contributed by atoms with Crippen molar-refractivity contribution < 1.29 is 4.79 Å². The number of carbonyl (C=O) groups is 1. The highest BCUT2D eigenvalue weighted by Gasteiger charge is 2.33. The fraction of sp³-hybridized carbons (Fsp3) is 0.290. The average Bonchev–Trinajstić information content (AvgIpc) is 3.34. The van der Waals surface area contributed by atoms with Gasteiger partial charge in [0.1, 0.15) is 5.82 Å². The van der Waals surface area contributed by atoms with Crippen molar-refractivity contribution in [2.75, 3.05) is 13.1 Å². The van der Waals surface area contributed by atoms with Gasteiger partial charge in [-0.05, 0) is 36.6 Å². The van der Waals surface area contributed by atoms with E-state index in [9.17, 15) is 4.79 Å². The smallest absolute Gasteiger partial charge is 0.254 e. The molecule has 5 nitrogen and oxygen atoms in total. The normalized spacial score (nSPS) is 12.8. The van der Waals surface area contributed by atoms with Crippen LogP contribution in [0.3, 0.4) is 0 Å². The zero-order chi connectivity index (χ0) is 25.3. The number of aromatic nitrogens is 2. The van der Waals surface area contributed by atoms with E-state index in [0.29, 0.717) is 25.2 Å². The van der Waals surface area contributed by atoms with Crippen LogP contribution in [0, 0.1) is 5.92 Å². The third-order valence-electron chi connectivity index (χ3n) is 6.74. The minimum atomic E-state index is -0.185. The van der Waals surface area contributed by atoms with Gasteiger partial charge in [-0.1, -0.05) is 99.1 Å². The van der Waals surface area contributed by atoms with Gasteiger partial charge in [-0.15, -0.1) is 0 Å². The van der Waals surface area contributed by atoms with Gasteiger partial charge < -0.3 is 15.2 Å². The SMILES string of the molecule is CCC(C)C(c1nc(-c2ccccc2)cn1Cc1ccccc1)N(CCCN)C(=O)c1ccccc1. The average molecular weight is 481 g/mol. The Morgan fingerprint density at radius 3 is 2.17 bits per heavy atom. The lowest BCUT2D eigenvalue weighted by Crippen LogP contribution is -2.40. The first-order valence-corrected chi connectivity index (χ1v) is 12.8. The molecule has 0 aliphatic rings. The molecule has 0 aliphatic heterocycles. The van der Waals surface area contributed by atoms with E-state index in [1.54, 1.807) is 0 Å². The molecule has 2 atom stereocenters. The van der Waals surface area contributed by atoms with Crippen molar-refractivity contribution in [2.24, 2.45) is 11.7 Å². The van der Waals surface area contributed by atoms with Crippen LogP contribution in [0.5, 0.6) is 0 Å². The number of amides is 1. The van der Waals surface area contributed by atoms with Crippen LogP contribution in [-0.4, -0.2) is 33.4 Å². The quantitative estimate of drug-likeness (QED) is 0.279. The van der Waals surface area contributed by atoms with Gasteiger partial charge in [-0.25, -0.2) is 4.98 Å². The fourth-order valence-corrected chi connectivity index (χ4v) is 4.62. The molecule has 0 radical (unpaired) electrons. The predicted octanol–water partition coefficient (Wildman–Crippen LogP) is 6.18. The second-order valence-electron chi connectivity index (χ2n) is 9.30. The molecule has 0 fully saturated rings.